The number of fused-ring (bicyclic) bond motifs is 3. The maximum absolute atomic E-state index is 13.2. The Morgan fingerprint density at radius 2 is 1.73 bits per heavy atom. The first-order valence-corrected chi connectivity index (χ1v) is 14.7. The van der Waals surface area contributed by atoms with Crippen molar-refractivity contribution < 1.29 is 59.1 Å². The van der Waals surface area contributed by atoms with Crippen LogP contribution in [0.3, 0.4) is 0 Å². The van der Waals surface area contributed by atoms with Gasteiger partial charge in [0.1, 0.15) is 35.9 Å². The lowest BCUT2D eigenvalue weighted by molar-refractivity contribution is -0.511. The summed E-state index contributed by atoms with van der Waals surface area (Å²) in [6.07, 6.45) is -5.05. The molecule has 6 heterocycles. The molecule has 12 nitrogen and oxygen atoms in total. The van der Waals surface area contributed by atoms with Gasteiger partial charge in [0.25, 0.3) is 0 Å². The number of hydrogen-bond acceptors (Lipinski definition) is 12. The Balaban J connectivity index is 1.33. The zero-order chi connectivity index (χ0) is 28.3. The Morgan fingerprint density at radius 3 is 2.45 bits per heavy atom. The number of aliphatic hydroxyl groups excluding tert-OH is 2. The first-order chi connectivity index (χ1) is 18.6. The predicted molar refractivity (Wildman–Crippen MR) is 127 cm³/mol. The van der Waals surface area contributed by atoms with Crippen LogP contribution < -0.4 is 0 Å². The maximum atomic E-state index is 13.2. The minimum absolute atomic E-state index is 0.0470. The molecule has 16 atom stereocenters. The normalized spacial score (nSPS) is 68.3. The summed E-state index contributed by atoms with van der Waals surface area (Å²) in [6.45, 7) is 5.25. The van der Waals surface area contributed by atoms with Gasteiger partial charge in [-0.15, -0.1) is 0 Å². The number of hydrogen-bond donors (Lipinski definition) is 6. The topological polar surface area (TPSA) is 185 Å². The lowest BCUT2D eigenvalue weighted by Gasteiger charge is -2.76. The highest BCUT2D eigenvalue weighted by atomic mass is 16.7. The molecule has 0 aromatic rings. The van der Waals surface area contributed by atoms with E-state index in [1.54, 1.807) is 0 Å². The van der Waals surface area contributed by atoms with Crippen molar-refractivity contribution >= 4 is 5.97 Å². The van der Waals surface area contributed by atoms with Gasteiger partial charge in [0.2, 0.25) is 11.6 Å². The second-order valence-electron chi connectivity index (χ2n) is 15.0. The van der Waals surface area contributed by atoms with E-state index in [-0.39, 0.29) is 19.6 Å². The molecule has 6 N–H and O–H groups in total. The van der Waals surface area contributed by atoms with Crippen LogP contribution in [0.25, 0.3) is 0 Å². The van der Waals surface area contributed by atoms with Crippen molar-refractivity contribution in [2.45, 2.75) is 112 Å². The van der Waals surface area contributed by atoms with E-state index in [4.69, 9.17) is 23.7 Å². The molecular weight excluding hydrogens is 528 g/mol. The first-order valence-electron chi connectivity index (χ1n) is 14.7. The van der Waals surface area contributed by atoms with E-state index in [2.05, 4.69) is 0 Å². The molecule has 6 saturated heterocycles. The highest BCUT2D eigenvalue weighted by molar-refractivity contribution is 5.66. The lowest BCUT2D eigenvalue weighted by atomic mass is 9.35. The van der Waals surface area contributed by atoms with Crippen LogP contribution in [0.1, 0.15) is 52.9 Å². The van der Waals surface area contributed by atoms with Gasteiger partial charge in [-0.2, -0.15) is 0 Å². The van der Waals surface area contributed by atoms with Gasteiger partial charge in [-0.25, -0.2) is 0 Å². The quantitative estimate of drug-likeness (QED) is 0.203. The zero-order valence-corrected chi connectivity index (χ0v) is 22.8. The minimum Gasteiger partial charge on any atom is -0.462 e. The summed E-state index contributed by atoms with van der Waals surface area (Å²) < 4.78 is 30.5. The van der Waals surface area contributed by atoms with Crippen molar-refractivity contribution in [2.75, 3.05) is 13.2 Å². The largest absolute Gasteiger partial charge is 0.462 e. The average molecular weight is 567 g/mol. The molecule has 0 radical (unpaired) electrons. The Labute approximate surface area is 230 Å². The van der Waals surface area contributed by atoms with Gasteiger partial charge in [0.05, 0.1) is 24.7 Å². The Bertz CT molecular complexity index is 1240. The molecule has 3 spiro atoms. The summed E-state index contributed by atoms with van der Waals surface area (Å²) in [5.41, 5.74) is -7.46. The third-order valence-electron chi connectivity index (χ3n) is 13.9. The summed E-state index contributed by atoms with van der Waals surface area (Å²) in [5, 5.41) is 74.7. The third kappa shape index (κ3) is 1.93. The number of carbonyl (C=O) groups excluding carboxylic acids is 1. The molecular formula is C28H38O12. The molecule has 5 aliphatic carbocycles. The van der Waals surface area contributed by atoms with Crippen LogP contribution in [0.15, 0.2) is 0 Å². The molecule has 11 aliphatic rings. The smallest absolute Gasteiger partial charge is 0.302 e. The highest BCUT2D eigenvalue weighted by Crippen LogP contribution is 2.88. The number of ether oxygens (including phenoxy) is 5. The third-order valence-corrected chi connectivity index (χ3v) is 13.9. The Kier molecular flexibility index (Phi) is 4.21. The van der Waals surface area contributed by atoms with Crippen LogP contribution in [0, 0.1) is 39.4 Å². The molecule has 5 saturated carbocycles. The molecule has 11 fully saturated rings. The van der Waals surface area contributed by atoms with Crippen LogP contribution in [-0.4, -0.2) is 109 Å². The second kappa shape index (κ2) is 6.59. The van der Waals surface area contributed by atoms with E-state index in [9.17, 15) is 35.4 Å². The van der Waals surface area contributed by atoms with Crippen LogP contribution in [0.4, 0.5) is 0 Å². The number of rotatable bonds is 1. The molecule has 8 bridgehead atoms. The van der Waals surface area contributed by atoms with Crippen LogP contribution >= 0.6 is 0 Å². The molecule has 0 aromatic carbocycles. The van der Waals surface area contributed by atoms with Gasteiger partial charge in [0, 0.05) is 18.3 Å². The van der Waals surface area contributed by atoms with Gasteiger partial charge in [-0.05, 0) is 49.4 Å². The van der Waals surface area contributed by atoms with Gasteiger partial charge in [-0.1, -0.05) is 13.8 Å². The fraction of sp³-hybridized carbons (Fsp3) is 0.964. The van der Waals surface area contributed by atoms with E-state index in [1.807, 2.05) is 13.8 Å². The van der Waals surface area contributed by atoms with Crippen molar-refractivity contribution in [3.8, 4) is 0 Å². The van der Waals surface area contributed by atoms with E-state index < -0.39 is 105 Å². The molecule has 11 rings (SSSR count). The minimum atomic E-state index is -2.47. The van der Waals surface area contributed by atoms with E-state index in [0.717, 1.165) is 0 Å². The molecule has 40 heavy (non-hydrogen) atoms. The van der Waals surface area contributed by atoms with E-state index >= 15 is 0 Å². The second-order valence-corrected chi connectivity index (χ2v) is 15.0. The van der Waals surface area contributed by atoms with Gasteiger partial charge < -0.3 is 54.3 Å². The van der Waals surface area contributed by atoms with Crippen molar-refractivity contribution in [1.82, 2.24) is 0 Å². The van der Waals surface area contributed by atoms with E-state index in [1.165, 1.54) is 6.92 Å². The molecule has 222 valence electrons. The van der Waals surface area contributed by atoms with Crippen molar-refractivity contribution in [3.05, 3.63) is 0 Å². The molecule has 12 heteroatoms. The Morgan fingerprint density at radius 1 is 0.975 bits per heavy atom. The molecule has 0 aromatic heterocycles. The van der Waals surface area contributed by atoms with E-state index in [0.29, 0.717) is 25.7 Å². The first kappa shape index (κ1) is 25.6. The summed E-state index contributed by atoms with van der Waals surface area (Å²) >= 11 is 0. The summed E-state index contributed by atoms with van der Waals surface area (Å²) in [6, 6.07) is 0. The number of aliphatic hydroxyl groups is 6. The molecule has 6 aliphatic heterocycles. The van der Waals surface area contributed by atoms with Crippen molar-refractivity contribution in [1.29, 1.82) is 0 Å². The van der Waals surface area contributed by atoms with Crippen LogP contribution in [0.2, 0.25) is 0 Å². The SMILES string of the molecule is CC(=O)O[C@H]1CCC(C)(C)[C@H]2[C@H](O)[C@@]3(O)OC[C@@]12[C@@H]1CC[C@@H]2[C@@H](O)[C@@]13[C@@]1(O)O[C@@H]3[C@H]4CO[C@]5(O)[C@@H](C[C@]21[C@]35O)O4. The van der Waals surface area contributed by atoms with Crippen LogP contribution in [0.5, 0.6) is 0 Å². The predicted octanol–water partition coefficient (Wildman–Crippen LogP) is -1.48. The maximum Gasteiger partial charge on any atom is 0.302 e. The van der Waals surface area contributed by atoms with Crippen molar-refractivity contribution in [2.24, 2.45) is 39.4 Å². The zero-order valence-electron chi connectivity index (χ0n) is 22.8. The number of esters is 1. The van der Waals surface area contributed by atoms with Gasteiger partial charge in [0.15, 0.2) is 11.4 Å². The summed E-state index contributed by atoms with van der Waals surface area (Å²) in [5.74, 6) is -9.75. The summed E-state index contributed by atoms with van der Waals surface area (Å²) in [7, 11) is 0. The van der Waals surface area contributed by atoms with Gasteiger partial charge in [-0.3, -0.25) is 4.79 Å². The Hall–Kier alpha value is -0.930. The molecule has 0 unspecified atom stereocenters. The highest BCUT2D eigenvalue weighted by Gasteiger charge is 3.03. The summed E-state index contributed by atoms with van der Waals surface area (Å²) in [4.78, 5) is 12.4. The fourth-order valence-electron chi connectivity index (χ4n) is 13.0. The standard InChI is InChI=1S/C28H38O12/c1-11(29)38-15-6-7-21(2,3)17-19(31)27(34)24-14(22(15,17)10-37-27)5-4-12(18(24)30)23-8-16-26(33)25(23,32)20(40-28(23,24)35)13(39-16)9-36-26/h12-20,30-35H,4-10H2,1-3H3/t12-,13-,14+,15+,16-,17-,18-,19+,20-,22-,23-,24+,25-,26-,27-,28+/m1/s1. The van der Waals surface area contributed by atoms with Gasteiger partial charge >= 0.3 is 5.97 Å². The molecule has 0 amide bonds. The number of carbonyl (C=O) groups is 1. The monoisotopic (exact) mass is 566 g/mol. The van der Waals surface area contributed by atoms with Crippen LogP contribution in [-0.2, 0) is 28.5 Å². The lowest BCUT2D eigenvalue weighted by Crippen LogP contribution is -2.88. The van der Waals surface area contributed by atoms with Crippen molar-refractivity contribution in [3.63, 3.8) is 0 Å². The fourth-order valence-corrected chi connectivity index (χ4v) is 13.0. The average Bonchev–Trinajstić information content (AvgIpc) is 3.21.